The van der Waals surface area contributed by atoms with Gasteiger partial charge in [0, 0.05) is 24.8 Å². The first kappa shape index (κ1) is 15.3. The van der Waals surface area contributed by atoms with Crippen molar-refractivity contribution in [1.29, 1.82) is 0 Å². The van der Waals surface area contributed by atoms with E-state index in [1.807, 2.05) is 0 Å². The van der Waals surface area contributed by atoms with Gasteiger partial charge in [-0.15, -0.1) is 0 Å². The number of carbonyl (C=O) groups excluding carboxylic acids is 1. The molecule has 2 nitrogen and oxygen atoms in total. The highest BCUT2D eigenvalue weighted by molar-refractivity contribution is 9.09. The fraction of sp³-hybridized carbons (Fsp3) is 0.938. The third-order valence-electron chi connectivity index (χ3n) is 5.27. The Labute approximate surface area is 126 Å². The van der Waals surface area contributed by atoms with Crippen LogP contribution < -0.4 is 0 Å². The number of amides is 1. The lowest BCUT2D eigenvalue weighted by Gasteiger charge is -2.33. The van der Waals surface area contributed by atoms with Crippen LogP contribution in [0.25, 0.3) is 0 Å². The minimum atomic E-state index is 0.368. The number of halogens is 1. The maximum absolute atomic E-state index is 12.3. The molecule has 0 spiro atoms. The molecule has 0 aromatic rings. The van der Waals surface area contributed by atoms with Gasteiger partial charge in [0.1, 0.15) is 0 Å². The Hall–Kier alpha value is -0.0500. The largest absolute Gasteiger partial charge is 0.342 e. The van der Waals surface area contributed by atoms with E-state index in [-0.39, 0.29) is 0 Å². The summed E-state index contributed by atoms with van der Waals surface area (Å²) in [6.07, 6.45) is 8.30. The van der Waals surface area contributed by atoms with Gasteiger partial charge in [0.15, 0.2) is 0 Å². The molecule has 3 heteroatoms. The molecule has 1 saturated heterocycles. The van der Waals surface area contributed by atoms with Crippen LogP contribution >= 0.6 is 15.9 Å². The monoisotopic (exact) mass is 329 g/mol. The average Bonchev–Trinajstić information content (AvgIpc) is 2.77. The van der Waals surface area contributed by atoms with Gasteiger partial charge in [0.2, 0.25) is 5.91 Å². The third kappa shape index (κ3) is 3.74. The van der Waals surface area contributed by atoms with E-state index in [1.165, 1.54) is 32.1 Å². The SMILES string of the molecule is CC(C)C1CCC(=O)N(CC2(CBr)CCCC2)CC1. The Balaban J connectivity index is 1.97. The Kier molecular flexibility index (Phi) is 5.33. The van der Waals surface area contributed by atoms with E-state index in [0.717, 1.165) is 37.2 Å². The molecule has 2 rings (SSSR count). The van der Waals surface area contributed by atoms with Crippen LogP contribution in [0, 0.1) is 17.3 Å². The summed E-state index contributed by atoms with van der Waals surface area (Å²) in [5.74, 6) is 1.84. The summed E-state index contributed by atoms with van der Waals surface area (Å²) >= 11 is 3.70. The minimum absolute atomic E-state index is 0.368. The second-order valence-corrected chi connectivity index (χ2v) is 7.55. The second kappa shape index (κ2) is 6.60. The van der Waals surface area contributed by atoms with E-state index in [9.17, 15) is 4.79 Å². The first-order valence-corrected chi connectivity index (χ1v) is 9.02. The lowest BCUT2D eigenvalue weighted by Crippen LogP contribution is -2.41. The summed E-state index contributed by atoms with van der Waals surface area (Å²) in [5, 5.41) is 1.05. The number of alkyl halides is 1. The standard InChI is InChI=1S/C16H28BrNO/c1-13(2)14-5-6-15(19)18(10-7-14)12-16(11-17)8-3-4-9-16/h13-14H,3-12H2,1-2H3. The van der Waals surface area contributed by atoms with Crippen LogP contribution in [-0.2, 0) is 4.79 Å². The fourth-order valence-corrected chi connectivity index (χ4v) is 4.49. The van der Waals surface area contributed by atoms with Crippen molar-refractivity contribution in [2.45, 2.75) is 58.8 Å². The van der Waals surface area contributed by atoms with Crippen molar-refractivity contribution in [3.05, 3.63) is 0 Å². The van der Waals surface area contributed by atoms with Crippen molar-refractivity contribution in [1.82, 2.24) is 4.90 Å². The van der Waals surface area contributed by atoms with Gasteiger partial charge in [0.05, 0.1) is 0 Å². The van der Waals surface area contributed by atoms with Crippen molar-refractivity contribution in [3.63, 3.8) is 0 Å². The van der Waals surface area contributed by atoms with Crippen LogP contribution in [-0.4, -0.2) is 29.2 Å². The highest BCUT2D eigenvalue weighted by Crippen LogP contribution is 2.41. The molecule has 0 aromatic carbocycles. The van der Waals surface area contributed by atoms with Gasteiger partial charge in [0.25, 0.3) is 0 Å². The van der Waals surface area contributed by atoms with Gasteiger partial charge < -0.3 is 4.90 Å². The predicted molar refractivity (Wildman–Crippen MR) is 83.5 cm³/mol. The zero-order chi connectivity index (χ0) is 13.9. The molecule has 0 bridgehead atoms. The summed E-state index contributed by atoms with van der Waals surface area (Å²) in [4.78, 5) is 14.5. The zero-order valence-electron chi connectivity index (χ0n) is 12.5. The van der Waals surface area contributed by atoms with Crippen molar-refractivity contribution in [2.75, 3.05) is 18.4 Å². The molecule has 0 aromatic heterocycles. The molecule has 1 saturated carbocycles. The number of likely N-dealkylation sites (tertiary alicyclic amines) is 1. The molecule has 0 radical (unpaired) electrons. The number of rotatable bonds is 4. The summed E-state index contributed by atoms with van der Waals surface area (Å²) in [6, 6.07) is 0. The van der Waals surface area contributed by atoms with E-state index < -0.39 is 0 Å². The molecule has 1 aliphatic carbocycles. The summed E-state index contributed by atoms with van der Waals surface area (Å²) < 4.78 is 0. The van der Waals surface area contributed by atoms with Crippen molar-refractivity contribution < 1.29 is 4.79 Å². The van der Waals surface area contributed by atoms with Gasteiger partial charge in [-0.05, 0) is 42.9 Å². The molecule has 2 aliphatic rings. The topological polar surface area (TPSA) is 20.3 Å². The van der Waals surface area contributed by atoms with E-state index in [1.54, 1.807) is 0 Å². The second-order valence-electron chi connectivity index (χ2n) is 6.99. The Bertz CT molecular complexity index is 310. The maximum Gasteiger partial charge on any atom is 0.222 e. The van der Waals surface area contributed by atoms with Crippen LogP contribution in [0.2, 0.25) is 0 Å². The van der Waals surface area contributed by atoms with Crippen LogP contribution in [0.4, 0.5) is 0 Å². The molecule has 19 heavy (non-hydrogen) atoms. The molecular weight excluding hydrogens is 302 g/mol. The Morgan fingerprint density at radius 1 is 1.32 bits per heavy atom. The first-order valence-electron chi connectivity index (χ1n) is 7.90. The van der Waals surface area contributed by atoms with Gasteiger partial charge >= 0.3 is 0 Å². The molecule has 1 heterocycles. The lowest BCUT2D eigenvalue weighted by molar-refractivity contribution is -0.132. The Morgan fingerprint density at radius 2 is 2.00 bits per heavy atom. The van der Waals surface area contributed by atoms with Gasteiger partial charge in [-0.25, -0.2) is 0 Å². The van der Waals surface area contributed by atoms with Gasteiger partial charge in [-0.2, -0.15) is 0 Å². The lowest BCUT2D eigenvalue weighted by atomic mass is 9.88. The van der Waals surface area contributed by atoms with Crippen molar-refractivity contribution >= 4 is 21.8 Å². The van der Waals surface area contributed by atoms with E-state index in [0.29, 0.717) is 17.2 Å². The quantitative estimate of drug-likeness (QED) is 0.707. The summed E-state index contributed by atoms with van der Waals surface area (Å²) in [7, 11) is 0. The Morgan fingerprint density at radius 3 is 2.58 bits per heavy atom. The summed E-state index contributed by atoms with van der Waals surface area (Å²) in [6.45, 7) is 6.56. The van der Waals surface area contributed by atoms with E-state index in [2.05, 4.69) is 34.7 Å². The molecule has 1 amide bonds. The number of hydrogen-bond acceptors (Lipinski definition) is 1. The fourth-order valence-electron chi connectivity index (χ4n) is 3.76. The maximum atomic E-state index is 12.3. The average molecular weight is 330 g/mol. The molecule has 1 unspecified atom stereocenters. The third-order valence-corrected chi connectivity index (χ3v) is 6.46. The predicted octanol–water partition coefficient (Wildman–Crippen LogP) is 4.23. The van der Waals surface area contributed by atoms with Crippen LogP contribution in [0.1, 0.15) is 58.8 Å². The number of nitrogens with zero attached hydrogens (tertiary/aromatic N) is 1. The van der Waals surface area contributed by atoms with Crippen LogP contribution in [0.3, 0.4) is 0 Å². The van der Waals surface area contributed by atoms with Gasteiger partial charge in [-0.3, -0.25) is 4.79 Å². The molecule has 110 valence electrons. The molecule has 1 atom stereocenters. The van der Waals surface area contributed by atoms with E-state index in [4.69, 9.17) is 0 Å². The van der Waals surface area contributed by atoms with E-state index >= 15 is 0 Å². The summed E-state index contributed by atoms with van der Waals surface area (Å²) in [5.41, 5.74) is 0.368. The first-order chi connectivity index (χ1) is 9.06. The van der Waals surface area contributed by atoms with Gasteiger partial charge in [-0.1, -0.05) is 42.6 Å². The minimum Gasteiger partial charge on any atom is -0.342 e. The van der Waals surface area contributed by atoms with Crippen molar-refractivity contribution in [2.24, 2.45) is 17.3 Å². The zero-order valence-corrected chi connectivity index (χ0v) is 14.0. The normalized spacial score (nSPS) is 27.9. The highest BCUT2D eigenvalue weighted by atomic mass is 79.9. The molecular formula is C16H28BrNO. The van der Waals surface area contributed by atoms with Crippen LogP contribution in [0.15, 0.2) is 0 Å². The van der Waals surface area contributed by atoms with Crippen LogP contribution in [0.5, 0.6) is 0 Å². The number of carbonyl (C=O) groups is 1. The molecule has 2 fully saturated rings. The smallest absolute Gasteiger partial charge is 0.222 e. The van der Waals surface area contributed by atoms with Crippen molar-refractivity contribution in [3.8, 4) is 0 Å². The highest BCUT2D eigenvalue weighted by Gasteiger charge is 2.36. The molecule has 1 aliphatic heterocycles. The number of hydrogen-bond donors (Lipinski definition) is 0. The molecule has 0 N–H and O–H groups in total.